The Labute approximate surface area is 117 Å². The predicted molar refractivity (Wildman–Crippen MR) is 75.5 cm³/mol. The summed E-state index contributed by atoms with van der Waals surface area (Å²) in [5, 5.41) is 8.86. The van der Waals surface area contributed by atoms with E-state index in [1.807, 2.05) is 22.7 Å². The van der Waals surface area contributed by atoms with Crippen molar-refractivity contribution < 1.29 is 0 Å². The zero-order valence-electron chi connectivity index (χ0n) is 9.14. The first kappa shape index (κ1) is 11.5. The third-order valence-corrected chi connectivity index (χ3v) is 3.40. The van der Waals surface area contributed by atoms with Crippen LogP contribution in [0.4, 0.5) is 5.69 Å². The topological polar surface area (TPSA) is 56.2 Å². The Balaban J connectivity index is 2.31. The molecule has 0 fully saturated rings. The number of nitrogen functional groups attached to an aromatic ring is 1. The highest BCUT2D eigenvalue weighted by Crippen LogP contribution is 2.29. The third kappa shape index (κ3) is 1.85. The van der Waals surface area contributed by atoms with Crippen molar-refractivity contribution in [2.75, 3.05) is 5.73 Å². The van der Waals surface area contributed by atoms with Gasteiger partial charge in [-0.15, -0.1) is 10.2 Å². The van der Waals surface area contributed by atoms with E-state index in [4.69, 9.17) is 17.3 Å². The minimum atomic E-state index is 0.596. The molecule has 3 rings (SSSR count). The number of rotatable bonds is 1. The zero-order valence-corrected chi connectivity index (χ0v) is 11.5. The van der Waals surface area contributed by atoms with Crippen LogP contribution in [0.3, 0.4) is 0 Å². The number of anilines is 1. The minimum Gasteiger partial charge on any atom is -0.399 e. The standard InChI is InChI=1S/C12H8BrClN4/c13-7-1-4-11-16-17-12(18(11)6-7)9-5-8(15)2-3-10(9)14/h1-6H,15H2. The van der Waals surface area contributed by atoms with Crippen LogP contribution in [0.1, 0.15) is 0 Å². The first-order valence-corrected chi connectivity index (χ1v) is 6.38. The van der Waals surface area contributed by atoms with Gasteiger partial charge in [-0.25, -0.2) is 0 Å². The highest BCUT2D eigenvalue weighted by Gasteiger charge is 2.11. The second-order valence-corrected chi connectivity index (χ2v) is 5.16. The van der Waals surface area contributed by atoms with E-state index in [1.54, 1.807) is 18.2 Å². The predicted octanol–water partition coefficient (Wildman–Crippen LogP) is 3.39. The summed E-state index contributed by atoms with van der Waals surface area (Å²) in [5.41, 5.74) is 7.94. The summed E-state index contributed by atoms with van der Waals surface area (Å²) in [7, 11) is 0. The Morgan fingerprint density at radius 2 is 2.00 bits per heavy atom. The highest BCUT2D eigenvalue weighted by molar-refractivity contribution is 9.10. The highest BCUT2D eigenvalue weighted by atomic mass is 79.9. The van der Waals surface area contributed by atoms with Crippen LogP contribution in [0.25, 0.3) is 17.0 Å². The molecule has 2 N–H and O–H groups in total. The van der Waals surface area contributed by atoms with Gasteiger partial charge in [0, 0.05) is 21.9 Å². The Bertz CT molecular complexity index is 738. The molecule has 0 saturated carbocycles. The van der Waals surface area contributed by atoms with Gasteiger partial charge in [0.1, 0.15) is 0 Å². The lowest BCUT2D eigenvalue weighted by atomic mass is 10.2. The smallest absolute Gasteiger partial charge is 0.169 e. The van der Waals surface area contributed by atoms with Crippen molar-refractivity contribution in [3.05, 3.63) is 46.0 Å². The van der Waals surface area contributed by atoms with Crippen molar-refractivity contribution in [2.24, 2.45) is 0 Å². The molecule has 6 heteroatoms. The molecule has 0 bridgehead atoms. The van der Waals surface area contributed by atoms with Crippen LogP contribution in [0.15, 0.2) is 41.0 Å². The molecule has 1 aromatic carbocycles. The molecule has 0 aliphatic heterocycles. The van der Waals surface area contributed by atoms with E-state index >= 15 is 0 Å². The van der Waals surface area contributed by atoms with Crippen molar-refractivity contribution in [3.8, 4) is 11.4 Å². The fourth-order valence-electron chi connectivity index (χ4n) is 1.76. The van der Waals surface area contributed by atoms with Crippen LogP contribution in [-0.2, 0) is 0 Å². The maximum absolute atomic E-state index is 6.18. The quantitative estimate of drug-likeness (QED) is 0.698. The average Bonchev–Trinajstić information content (AvgIpc) is 2.75. The van der Waals surface area contributed by atoms with E-state index in [9.17, 15) is 0 Å². The molecule has 0 aliphatic carbocycles. The molecule has 4 nitrogen and oxygen atoms in total. The summed E-state index contributed by atoms with van der Waals surface area (Å²) in [6, 6.07) is 9.09. The number of nitrogens with two attached hydrogens (primary N) is 1. The minimum absolute atomic E-state index is 0.596. The summed E-state index contributed by atoms with van der Waals surface area (Å²) >= 11 is 9.60. The fraction of sp³-hybridized carbons (Fsp3) is 0. The van der Waals surface area contributed by atoms with Gasteiger partial charge in [0.15, 0.2) is 11.5 Å². The Hall–Kier alpha value is -1.59. The van der Waals surface area contributed by atoms with E-state index in [1.165, 1.54) is 0 Å². The van der Waals surface area contributed by atoms with Crippen LogP contribution in [0.5, 0.6) is 0 Å². The van der Waals surface area contributed by atoms with Gasteiger partial charge in [-0.1, -0.05) is 11.6 Å². The first-order chi connectivity index (χ1) is 8.65. The van der Waals surface area contributed by atoms with Gasteiger partial charge in [0.25, 0.3) is 0 Å². The molecule has 18 heavy (non-hydrogen) atoms. The maximum atomic E-state index is 6.18. The molecule has 0 spiro atoms. The molecule has 0 saturated heterocycles. The van der Waals surface area contributed by atoms with Crippen molar-refractivity contribution in [2.45, 2.75) is 0 Å². The number of fused-ring (bicyclic) bond motifs is 1. The van der Waals surface area contributed by atoms with Gasteiger partial charge in [0.2, 0.25) is 0 Å². The molecule has 3 aromatic rings. The normalized spacial score (nSPS) is 11.0. The Morgan fingerprint density at radius 1 is 1.17 bits per heavy atom. The molecule has 0 unspecified atom stereocenters. The molecule has 0 radical (unpaired) electrons. The van der Waals surface area contributed by atoms with Gasteiger partial charge >= 0.3 is 0 Å². The summed E-state index contributed by atoms with van der Waals surface area (Å²) in [6.45, 7) is 0. The van der Waals surface area contributed by atoms with Gasteiger partial charge in [-0.3, -0.25) is 4.40 Å². The molecular formula is C12H8BrClN4. The second kappa shape index (κ2) is 4.26. The van der Waals surface area contributed by atoms with Gasteiger partial charge < -0.3 is 5.73 Å². The summed E-state index contributed by atoms with van der Waals surface area (Å²) in [5.74, 6) is 0.670. The SMILES string of the molecule is Nc1ccc(Cl)c(-c2nnc3ccc(Br)cn23)c1. The zero-order chi connectivity index (χ0) is 12.7. The lowest BCUT2D eigenvalue weighted by Crippen LogP contribution is -1.92. The van der Waals surface area contributed by atoms with Gasteiger partial charge in [0.05, 0.1) is 5.02 Å². The third-order valence-electron chi connectivity index (χ3n) is 2.60. The van der Waals surface area contributed by atoms with E-state index in [0.29, 0.717) is 16.5 Å². The monoisotopic (exact) mass is 322 g/mol. The number of hydrogen-bond donors (Lipinski definition) is 1. The molecular weight excluding hydrogens is 316 g/mol. The number of halogens is 2. The van der Waals surface area contributed by atoms with Crippen LogP contribution in [-0.4, -0.2) is 14.6 Å². The lowest BCUT2D eigenvalue weighted by Gasteiger charge is -2.04. The van der Waals surface area contributed by atoms with Crippen LogP contribution < -0.4 is 5.73 Å². The summed E-state index contributed by atoms with van der Waals surface area (Å²) in [4.78, 5) is 0. The van der Waals surface area contributed by atoms with Crippen molar-refractivity contribution >= 4 is 38.9 Å². The van der Waals surface area contributed by atoms with Crippen LogP contribution >= 0.6 is 27.5 Å². The average molecular weight is 324 g/mol. The Morgan fingerprint density at radius 3 is 2.83 bits per heavy atom. The molecule has 0 amide bonds. The molecule has 0 atom stereocenters. The number of pyridine rings is 1. The molecule has 2 aromatic heterocycles. The van der Waals surface area contributed by atoms with E-state index in [-0.39, 0.29) is 0 Å². The van der Waals surface area contributed by atoms with Crippen LogP contribution in [0, 0.1) is 0 Å². The summed E-state index contributed by atoms with van der Waals surface area (Å²) < 4.78 is 2.81. The number of benzene rings is 1. The van der Waals surface area contributed by atoms with Crippen molar-refractivity contribution in [1.82, 2.24) is 14.6 Å². The first-order valence-electron chi connectivity index (χ1n) is 5.21. The van der Waals surface area contributed by atoms with Crippen molar-refractivity contribution in [3.63, 3.8) is 0 Å². The van der Waals surface area contributed by atoms with Gasteiger partial charge in [-0.2, -0.15) is 0 Å². The molecule has 2 heterocycles. The maximum Gasteiger partial charge on any atom is 0.169 e. The van der Waals surface area contributed by atoms with Crippen molar-refractivity contribution in [1.29, 1.82) is 0 Å². The molecule has 90 valence electrons. The van der Waals surface area contributed by atoms with E-state index < -0.39 is 0 Å². The second-order valence-electron chi connectivity index (χ2n) is 3.84. The fourth-order valence-corrected chi connectivity index (χ4v) is 2.30. The number of nitrogens with zero attached hydrogens (tertiary/aromatic N) is 3. The van der Waals surface area contributed by atoms with Crippen LogP contribution in [0.2, 0.25) is 5.02 Å². The largest absolute Gasteiger partial charge is 0.399 e. The number of hydrogen-bond acceptors (Lipinski definition) is 3. The van der Waals surface area contributed by atoms with Gasteiger partial charge in [-0.05, 0) is 46.3 Å². The Kier molecular flexibility index (Phi) is 2.72. The van der Waals surface area contributed by atoms with E-state index in [2.05, 4.69) is 26.1 Å². The summed E-state index contributed by atoms with van der Waals surface area (Å²) in [6.07, 6.45) is 1.89. The van der Waals surface area contributed by atoms with E-state index in [0.717, 1.165) is 15.7 Å². The molecule has 0 aliphatic rings. The number of aromatic nitrogens is 3. The lowest BCUT2D eigenvalue weighted by molar-refractivity contribution is 1.11.